The summed E-state index contributed by atoms with van der Waals surface area (Å²) in [5.74, 6) is -0.497. The van der Waals surface area contributed by atoms with Crippen LogP contribution in [-0.4, -0.2) is 40.6 Å². The highest BCUT2D eigenvalue weighted by molar-refractivity contribution is 7.89. The summed E-state index contributed by atoms with van der Waals surface area (Å²) in [6.07, 6.45) is 3.77. The predicted octanol–water partition coefficient (Wildman–Crippen LogP) is 2.34. The number of aromatic nitrogens is 4. The Balaban J connectivity index is 1.35. The smallest absolute Gasteiger partial charge is 0.248 e. The summed E-state index contributed by atoms with van der Waals surface area (Å²) in [6, 6.07) is 11.6. The molecule has 31 heavy (non-hydrogen) atoms. The Morgan fingerprint density at radius 2 is 1.74 bits per heavy atom. The fraction of sp³-hybridized carbons (Fsp3) is 0.300. The number of nitrogens with zero attached hydrogens (tertiary/aromatic N) is 4. The molecule has 2 aromatic carbocycles. The number of hydrogen-bond donors (Lipinski definition) is 2. The Kier molecular flexibility index (Phi) is 6.05. The third kappa shape index (κ3) is 5.30. The van der Waals surface area contributed by atoms with Gasteiger partial charge in [-0.2, -0.15) is 4.80 Å². The van der Waals surface area contributed by atoms with Crippen molar-refractivity contribution in [1.82, 2.24) is 24.9 Å². The average Bonchev–Trinajstić information content (AvgIpc) is 3.41. The van der Waals surface area contributed by atoms with E-state index in [2.05, 4.69) is 25.4 Å². The molecule has 3 aromatic rings. The van der Waals surface area contributed by atoms with Gasteiger partial charge in [0.2, 0.25) is 21.8 Å². The molecule has 0 unspecified atom stereocenters. The molecule has 162 valence electrons. The molecule has 0 radical (unpaired) electrons. The van der Waals surface area contributed by atoms with E-state index in [0.29, 0.717) is 11.3 Å². The van der Waals surface area contributed by atoms with Crippen molar-refractivity contribution < 1.29 is 17.6 Å². The van der Waals surface area contributed by atoms with Crippen LogP contribution in [0.1, 0.15) is 25.7 Å². The molecule has 0 aliphatic heterocycles. The van der Waals surface area contributed by atoms with Gasteiger partial charge in [-0.3, -0.25) is 4.79 Å². The van der Waals surface area contributed by atoms with Crippen LogP contribution in [0.25, 0.3) is 11.4 Å². The Bertz CT molecular complexity index is 1160. The molecule has 1 fully saturated rings. The van der Waals surface area contributed by atoms with Gasteiger partial charge in [0.1, 0.15) is 12.4 Å². The van der Waals surface area contributed by atoms with Crippen molar-refractivity contribution in [3.8, 4) is 11.4 Å². The van der Waals surface area contributed by atoms with E-state index in [-0.39, 0.29) is 29.1 Å². The van der Waals surface area contributed by atoms with Gasteiger partial charge < -0.3 is 5.32 Å². The molecule has 4 rings (SSSR count). The third-order valence-corrected chi connectivity index (χ3v) is 6.50. The zero-order valence-corrected chi connectivity index (χ0v) is 17.3. The van der Waals surface area contributed by atoms with E-state index in [4.69, 9.17) is 0 Å². The molecule has 0 saturated heterocycles. The molecule has 11 heteroatoms. The van der Waals surface area contributed by atoms with Crippen molar-refractivity contribution >= 4 is 21.6 Å². The normalized spacial score (nSPS) is 14.6. The Hall–Kier alpha value is -3.18. The molecule has 2 N–H and O–H groups in total. The summed E-state index contributed by atoms with van der Waals surface area (Å²) in [4.78, 5) is 13.5. The van der Waals surface area contributed by atoms with Crippen LogP contribution in [0.2, 0.25) is 0 Å². The maximum absolute atomic E-state index is 13.0. The van der Waals surface area contributed by atoms with E-state index in [0.717, 1.165) is 30.5 Å². The van der Waals surface area contributed by atoms with Crippen LogP contribution >= 0.6 is 0 Å². The first kappa shape index (κ1) is 21.1. The number of tetrazole rings is 1. The molecule has 1 aliphatic rings. The average molecular weight is 444 g/mol. The maximum atomic E-state index is 13.0. The molecule has 1 aliphatic carbocycles. The monoisotopic (exact) mass is 444 g/mol. The summed E-state index contributed by atoms with van der Waals surface area (Å²) in [5.41, 5.74) is 1.03. The molecule has 0 atom stereocenters. The summed E-state index contributed by atoms with van der Waals surface area (Å²) < 4.78 is 40.6. The number of carbonyl (C=O) groups is 1. The number of rotatable bonds is 7. The van der Waals surface area contributed by atoms with Crippen molar-refractivity contribution in [3.63, 3.8) is 0 Å². The van der Waals surface area contributed by atoms with Crippen molar-refractivity contribution in [2.24, 2.45) is 0 Å². The highest BCUT2D eigenvalue weighted by atomic mass is 32.2. The molecular formula is C20H21FN6O3S. The van der Waals surface area contributed by atoms with Gasteiger partial charge in [0.25, 0.3) is 0 Å². The Labute approximate surface area is 178 Å². The fourth-order valence-corrected chi connectivity index (χ4v) is 4.71. The minimum Gasteiger partial charge on any atom is -0.324 e. The minimum absolute atomic E-state index is 0.0145. The van der Waals surface area contributed by atoms with Crippen molar-refractivity contribution in [1.29, 1.82) is 0 Å². The number of halogens is 1. The number of hydrogen-bond acceptors (Lipinski definition) is 6. The zero-order chi connectivity index (χ0) is 21.8. The first-order chi connectivity index (χ1) is 14.9. The molecule has 0 bridgehead atoms. The molecule has 9 nitrogen and oxygen atoms in total. The number of amides is 1. The SMILES string of the molecule is O=C(Cn1nnc(-c2ccc(F)cc2)n1)Nc1ccc(S(=O)(=O)NC2CCCC2)cc1. The summed E-state index contributed by atoms with van der Waals surface area (Å²) in [6.45, 7) is -0.183. The fourth-order valence-electron chi connectivity index (χ4n) is 3.40. The van der Waals surface area contributed by atoms with Gasteiger partial charge in [0.15, 0.2) is 0 Å². The summed E-state index contributed by atoms with van der Waals surface area (Å²) in [5, 5.41) is 14.5. The highest BCUT2D eigenvalue weighted by Gasteiger charge is 2.22. The lowest BCUT2D eigenvalue weighted by Gasteiger charge is -2.13. The van der Waals surface area contributed by atoms with E-state index in [1.807, 2.05) is 0 Å². The number of nitrogens with one attached hydrogen (secondary N) is 2. The number of anilines is 1. The third-order valence-electron chi connectivity index (χ3n) is 4.97. The molecule has 1 heterocycles. The predicted molar refractivity (Wildman–Crippen MR) is 111 cm³/mol. The van der Waals surface area contributed by atoms with Crippen LogP contribution in [0.15, 0.2) is 53.4 Å². The topological polar surface area (TPSA) is 119 Å². The maximum Gasteiger partial charge on any atom is 0.248 e. The van der Waals surface area contributed by atoms with Crippen molar-refractivity contribution in [3.05, 3.63) is 54.3 Å². The van der Waals surface area contributed by atoms with Crippen LogP contribution in [-0.2, 0) is 21.4 Å². The second-order valence-electron chi connectivity index (χ2n) is 7.33. The van der Waals surface area contributed by atoms with E-state index in [1.54, 1.807) is 0 Å². The van der Waals surface area contributed by atoms with Crippen molar-refractivity contribution in [2.75, 3.05) is 5.32 Å². The number of carbonyl (C=O) groups excluding carboxylic acids is 1. The molecule has 1 saturated carbocycles. The molecule has 1 amide bonds. The van der Waals surface area contributed by atoms with E-state index < -0.39 is 15.9 Å². The van der Waals surface area contributed by atoms with Crippen LogP contribution in [0.3, 0.4) is 0 Å². The van der Waals surface area contributed by atoms with Crippen molar-refractivity contribution in [2.45, 2.75) is 43.2 Å². The molecule has 0 spiro atoms. The summed E-state index contributed by atoms with van der Waals surface area (Å²) >= 11 is 0. The lowest BCUT2D eigenvalue weighted by atomic mass is 10.2. The Morgan fingerprint density at radius 1 is 1.06 bits per heavy atom. The molecular weight excluding hydrogens is 423 g/mol. The van der Waals surface area contributed by atoms with Gasteiger partial charge in [-0.25, -0.2) is 17.5 Å². The van der Waals surface area contributed by atoms with E-state index in [9.17, 15) is 17.6 Å². The minimum atomic E-state index is -3.58. The van der Waals surface area contributed by atoms with Crippen LogP contribution < -0.4 is 10.0 Å². The van der Waals surface area contributed by atoms with Gasteiger partial charge in [-0.05, 0) is 66.6 Å². The van der Waals surface area contributed by atoms with Crippen LogP contribution in [0.5, 0.6) is 0 Å². The number of sulfonamides is 1. The summed E-state index contributed by atoms with van der Waals surface area (Å²) in [7, 11) is -3.58. The lowest BCUT2D eigenvalue weighted by molar-refractivity contribution is -0.117. The van der Waals surface area contributed by atoms with Gasteiger partial charge >= 0.3 is 0 Å². The van der Waals surface area contributed by atoms with Gasteiger partial charge in [0, 0.05) is 17.3 Å². The lowest BCUT2D eigenvalue weighted by Crippen LogP contribution is -2.32. The Morgan fingerprint density at radius 3 is 2.42 bits per heavy atom. The van der Waals surface area contributed by atoms with Gasteiger partial charge in [-0.1, -0.05) is 12.8 Å². The van der Waals surface area contributed by atoms with E-state index in [1.165, 1.54) is 48.5 Å². The van der Waals surface area contributed by atoms with Crippen LogP contribution in [0.4, 0.5) is 10.1 Å². The zero-order valence-electron chi connectivity index (χ0n) is 16.5. The van der Waals surface area contributed by atoms with Gasteiger partial charge in [-0.15, -0.1) is 10.2 Å². The first-order valence-electron chi connectivity index (χ1n) is 9.85. The first-order valence-corrected chi connectivity index (χ1v) is 11.3. The molecule has 1 aromatic heterocycles. The van der Waals surface area contributed by atoms with Crippen LogP contribution in [0, 0.1) is 5.82 Å². The number of benzene rings is 2. The van der Waals surface area contributed by atoms with E-state index >= 15 is 0 Å². The quantitative estimate of drug-likeness (QED) is 0.577. The standard InChI is InChI=1S/C20H21FN6O3S/c21-15-7-5-14(6-8-15)20-23-26-27(24-20)13-19(28)22-16-9-11-18(12-10-16)31(29,30)25-17-3-1-2-4-17/h5-12,17,25H,1-4,13H2,(H,22,28). The van der Waals surface area contributed by atoms with Gasteiger partial charge in [0.05, 0.1) is 4.90 Å². The second kappa shape index (κ2) is 8.90. The highest BCUT2D eigenvalue weighted by Crippen LogP contribution is 2.21. The largest absolute Gasteiger partial charge is 0.324 e. The second-order valence-corrected chi connectivity index (χ2v) is 9.04.